The van der Waals surface area contributed by atoms with E-state index in [1.54, 1.807) is 43.3 Å². The third kappa shape index (κ3) is 5.01. The summed E-state index contributed by atoms with van der Waals surface area (Å²) in [4.78, 5) is 4.28. The van der Waals surface area contributed by atoms with Crippen molar-refractivity contribution in [3.05, 3.63) is 65.1 Å². The van der Waals surface area contributed by atoms with Crippen LogP contribution in [0.4, 0.5) is 5.95 Å². The van der Waals surface area contributed by atoms with E-state index >= 15 is 0 Å². The Kier molecular flexibility index (Phi) is 7.48. The average Bonchev–Trinajstić information content (AvgIpc) is 3.54. The van der Waals surface area contributed by atoms with Crippen molar-refractivity contribution in [3.8, 4) is 28.8 Å². The lowest BCUT2D eigenvalue weighted by atomic mass is 10.1. The first-order valence-corrected chi connectivity index (χ1v) is 12.8. The Morgan fingerprint density at radius 1 is 1.17 bits per heavy atom. The van der Waals surface area contributed by atoms with E-state index in [0.29, 0.717) is 39.2 Å². The molecule has 190 valence electrons. The van der Waals surface area contributed by atoms with E-state index in [-0.39, 0.29) is 24.7 Å². The molecule has 11 nitrogen and oxygen atoms in total. The number of methoxy groups -OCH3 is 2. The van der Waals surface area contributed by atoms with Crippen LogP contribution < -0.4 is 19.9 Å². The first-order chi connectivity index (χ1) is 17.3. The molecule has 4 aromatic rings. The molecular formula is C23H25ClN6O5S. The number of pyridine rings is 1. The molecule has 0 saturated carbocycles. The topological polar surface area (TPSA) is 147 Å². The minimum Gasteiger partial charge on any atom is -0.494 e. The highest BCUT2D eigenvalue weighted by Crippen LogP contribution is 2.38. The summed E-state index contributed by atoms with van der Waals surface area (Å²) in [5.41, 5.74) is 7.41. The van der Waals surface area contributed by atoms with Crippen LogP contribution in [-0.4, -0.2) is 47.6 Å². The SMILES string of the molecule is COc1cccc(OC)c1-n1c(NS(=O)(=O)[C@@H](C)Cc2ncc(Cl)cc2CN)nnc1-c1ccco1. The van der Waals surface area contributed by atoms with Crippen LogP contribution in [0.5, 0.6) is 11.5 Å². The zero-order chi connectivity index (χ0) is 25.9. The number of para-hydroxylation sites is 1. The van der Waals surface area contributed by atoms with Gasteiger partial charge in [0.15, 0.2) is 5.76 Å². The summed E-state index contributed by atoms with van der Waals surface area (Å²) >= 11 is 6.00. The largest absolute Gasteiger partial charge is 0.494 e. The van der Waals surface area contributed by atoms with Crippen molar-refractivity contribution < 1.29 is 22.3 Å². The molecule has 0 bridgehead atoms. The zero-order valence-corrected chi connectivity index (χ0v) is 21.4. The smallest absolute Gasteiger partial charge is 0.243 e. The van der Waals surface area contributed by atoms with Gasteiger partial charge in [0.05, 0.1) is 30.8 Å². The number of sulfonamides is 1. The second kappa shape index (κ2) is 10.6. The Bertz CT molecular complexity index is 1430. The number of anilines is 1. The number of nitrogens with one attached hydrogen (secondary N) is 1. The van der Waals surface area contributed by atoms with E-state index in [1.807, 2.05) is 0 Å². The van der Waals surface area contributed by atoms with E-state index in [9.17, 15) is 8.42 Å². The van der Waals surface area contributed by atoms with Crippen LogP contribution in [0.3, 0.4) is 0 Å². The molecule has 0 aliphatic carbocycles. The molecule has 0 saturated heterocycles. The maximum Gasteiger partial charge on any atom is 0.243 e. The number of benzene rings is 1. The third-order valence-corrected chi connectivity index (χ3v) is 7.42. The minimum atomic E-state index is -3.97. The lowest BCUT2D eigenvalue weighted by molar-refractivity contribution is 0.391. The quantitative estimate of drug-likeness (QED) is 0.313. The van der Waals surface area contributed by atoms with E-state index in [4.69, 9.17) is 31.2 Å². The fraction of sp³-hybridized carbons (Fsp3) is 0.261. The van der Waals surface area contributed by atoms with Crippen molar-refractivity contribution in [1.82, 2.24) is 19.7 Å². The Balaban J connectivity index is 1.77. The monoisotopic (exact) mass is 532 g/mol. The lowest BCUT2D eigenvalue weighted by Crippen LogP contribution is -2.29. The molecule has 0 aliphatic heterocycles. The summed E-state index contributed by atoms with van der Waals surface area (Å²) in [5.74, 6) is 1.37. The summed E-state index contributed by atoms with van der Waals surface area (Å²) in [6.07, 6.45) is 3.05. The van der Waals surface area contributed by atoms with Gasteiger partial charge in [0.25, 0.3) is 0 Å². The summed E-state index contributed by atoms with van der Waals surface area (Å²) in [7, 11) is -0.981. The highest BCUT2D eigenvalue weighted by molar-refractivity contribution is 7.93. The Hall–Kier alpha value is -3.61. The first-order valence-electron chi connectivity index (χ1n) is 10.8. The predicted molar refractivity (Wildman–Crippen MR) is 135 cm³/mol. The number of ether oxygens (including phenoxy) is 2. The Morgan fingerprint density at radius 3 is 2.50 bits per heavy atom. The fourth-order valence-corrected chi connectivity index (χ4v) is 4.81. The number of halogens is 1. The van der Waals surface area contributed by atoms with Gasteiger partial charge in [-0.1, -0.05) is 17.7 Å². The summed E-state index contributed by atoms with van der Waals surface area (Å²) in [5, 5.41) is 7.84. The standard InChI is InChI=1S/C23H25ClN6O5S/c1-14(10-17-15(12-25)11-16(24)13-26-17)36(31,32)29-23-28-27-22(20-8-5-9-35-20)30(23)21-18(33-2)6-4-7-19(21)34-3/h4-9,11,13-14H,10,12,25H2,1-3H3,(H,28,29)/t14-/m0/s1. The van der Waals surface area contributed by atoms with Crippen molar-refractivity contribution in [2.45, 2.75) is 25.1 Å². The number of furan rings is 1. The van der Waals surface area contributed by atoms with Crippen LogP contribution >= 0.6 is 11.6 Å². The molecule has 3 heterocycles. The molecule has 13 heteroatoms. The highest BCUT2D eigenvalue weighted by atomic mass is 35.5. The number of nitrogens with two attached hydrogens (primary N) is 1. The lowest BCUT2D eigenvalue weighted by Gasteiger charge is -2.19. The van der Waals surface area contributed by atoms with Crippen LogP contribution in [0, 0.1) is 0 Å². The van der Waals surface area contributed by atoms with E-state index in [0.717, 1.165) is 0 Å². The molecule has 36 heavy (non-hydrogen) atoms. The molecule has 1 aromatic carbocycles. The molecule has 0 fully saturated rings. The first kappa shape index (κ1) is 25.5. The van der Waals surface area contributed by atoms with E-state index in [2.05, 4.69) is 19.9 Å². The Labute approximate surface area is 213 Å². The predicted octanol–water partition coefficient (Wildman–Crippen LogP) is 3.42. The second-order valence-corrected chi connectivity index (χ2v) is 10.3. The molecule has 3 aromatic heterocycles. The van der Waals surface area contributed by atoms with Gasteiger partial charge in [-0.3, -0.25) is 14.3 Å². The van der Waals surface area contributed by atoms with Crippen LogP contribution in [0.25, 0.3) is 17.3 Å². The number of hydrogen-bond donors (Lipinski definition) is 2. The molecule has 3 N–H and O–H groups in total. The molecule has 0 radical (unpaired) electrons. The van der Waals surface area contributed by atoms with E-state index in [1.165, 1.54) is 31.2 Å². The number of aromatic nitrogens is 4. The normalized spacial score (nSPS) is 12.4. The molecular weight excluding hydrogens is 508 g/mol. The molecule has 1 atom stereocenters. The van der Waals surface area contributed by atoms with Crippen LogP contribution in [0.1, 0.15) is 18.2 Å². The van der Waals surface area contributed by atoms with Crippen molar-refractivity contribution in [2.75, 3.05) is 18.9 Å². The zero-order valence-electron chi connectivity index (χ0n) is 19.8. The number of nitrogens with zero attached hydrogens (tertiary/aromatic N) is 4. The summed E-state index contributed by atoms with van der Waals surface area (Å²) < 4.78 is 47.4. The van der Waals surface area contributed by atoms with Crippen molar-refractivity contribution in [3.63, 3.8) is 0 Å². The van der Waals surface area contributed by atoms with Gasteiger partial charge in [-0.15, -0.1) is 10.2 Å². The Morgan fingerprint density at radius 2 is 1.89 bits per heavy atom. The maximum absolute atomic E-state index is 13.4. The average molecular weight is 533 g/mol. The highest BCUT2D eigenvalue weighted by Gasteiger charge is 2.29. The molecule has 4 rings (SSSR count). The van der Waals surface area contributed by atoms with Gasteiger partial charge in [-0.05, 0) is 42.8 Å². The molecule has 0 unspecified atom stereocenters. The van der Waals surface area contributed by atoms with Crippen molar-refractivity contribution in [2.24, 2.45) is 5.73 Å². The van der Waals surface area contributed by atoms with Gasteiger partial charge in [-0.25, -0.2) is 8.42 Å². The molecule has 0 aliphatic rings. The van der Waals surface area contributed by atoms with Gasteiger partial charge in [0.2, 0.25) is 21.8 Å². The van der Waals surface area contributed by atoms with E-state index < -0.39 is 15.3 Å². The van der Waals surface area contributed by atoms with Crippen molar-refractivity contribution in [1.29, 1.82) is 0 Å². The minimum absolute atomic E-state index is 0.0702. The van der Waals surface area contributed by atoms with Gasteiger partial charge in [0, 0.05) is 24.9 Å². The second-order valence-electron chi connectivity index (χ2n) is 7.80. The van der Waals surface area contributed by atoms with Crippen molar-refractivity contribution >= 4 is 27.6 Å². The third-order valence-electron chi connectivity index (χ3n) is 5.52. The fourth-order valence-electron chi connectivity index (χ4n) is 3.66. The summed E-state index contributed by atoms with van der Waals surface area (Å²) in [6, 6.07) is 10.2. The summed E-state index contributed by atoms with van der Waals surface area (Å²) in [6.45, 7) is 1.74. The van der Waals surface area contributed by atoms with Crippen LogP contribution in [-0.2, 0) is 23.0 Å². The van der Waals surface area contributed by atoms with Gasteiger partial charge >= 0.3 is 0 Å². The van der Waals surface area contributed by atoms with Gasteiger partial charge < -0.3 is 19.6 Å². The number of hydrogen-bond acceptors (Lipinski definition) is 9. The molecule has 0 amide bonds. The van der Waals surface area contributed by atoms with Gasteiger partial charge in [0.1, 0.15) is 17.2 Å². The van der Waals surface area contributed by atoms with Crippen LogP contribution in [0.2, 0.25) is 5.02 Å². The van der Waals surface area contributed by atoms with Crippen LogP contribution in [0.15, 0.2) is 53.3 Å². The maximum atomic E-state index is 13.4. The number of rotatable bonds is 10. The van der Waals surface area contributed by atoms with Gasteiger partial charge in [-0.2, -0.15) is 0 Å². The molecule has 0 spiro atoms.